The molecule has 0 saturated carbocycles. The number of esters is 4. The summed E-state index contributed by atoms with van der Waals surface area (Å²) in [7, 11) is 0. The molecule has 0 N–H and O–H groups in total. The first kappa shape index (κ1) is 36.7. The Labute approximate surface area is 337 Å². The highest BCUT2D eigenvalue weighted by Crippen LogP contribution is 2.41. The van der Waals surface area contributed by atoms with E-state index in [1.165, 1.54) is 0 Å². The zero-order valence-corrected chi connectivity index (χ0v) is 31.7. The van der Waals surface area contributed by atoms with Crippen molar-refractivity contribution in [3.63, 3.8) is 0 Å². The molecule has 8 aromatic rings. The van der Waals surface area contributed by atoms with Gasteiger partial charge in [0, 0.05) is 0 Å². The van der Waals surface area contributed by atoms with Crippen LogP contribution in [0.4, 0.5) is 0 Å². The molecule has 1 unspecified atom stereocenters. The molecule has 9 heteroatoms. The SMILES string of the molecule is O=C(OC[C@H]1SC(OC(=O)c2ccc3ccccc3c2)[C@H](OC(=O)c2ccc3ccccc3c2)[C@H]1OC(=O)c1ccc2ccccc2c1)c1ccc2ccccc2c1. The molecule has 1 saturated heterocycles. The topological polar surface area (TPSA) is 105 Å². The van der Waals surface area contributed by atoms with E-state index >= 15 is 0 Å². The summed E-state index contributed by atoms with van der Waals surface area (Å²) >= 11 is 1.10. The van der Waals surface area contributed by atoms with Gasteiger partial charge in [-0.05, 0) is 91.6 Å². The van der Waals surface area contributed by atoms with Crippen LogP contribution in [0.1, 0.15) is 41.4 Å². The predicted molar refractivity (Wildman–Crippen MR) is 225 cm³/mol. The first-order valence-corrected chi connectivity index (χ1v) is 19.7. The average molecular weight is 783 g/mol. The van der Waals surface area contributed by atoms with Gasteiger partial charge in [-0.25, -0.2) is 19.2 Å². The van der Waals surface area contributed by atoms with E-state index in [1.807, 2.05) is 121 Å². The smallest absolute Gasteiger partial charge is 0.339 e. The molecular formula is C49H34O8S. The number of hydrogen-bond acceptors (Lipinski definition) is 9. The first-order chi connectivity index (χ1) is 28.4. The average Bonchev–Trinajstić information content (AvgIpc) is 3.58. The minimum atomic E-state index is -1.29. The number of carbonyl (C=O) groups is 4. The zero-order chi connectivity index (χ0) is 39.6. The molecule has 1 aliphatic heterocycles. The lowest BCUT2D eigenvalue weighted by Gasteiger charge is -2.25. The van der Waals surface area contributed by atoms with E-state index in [0.29, 0.717) is 5.56 Å². The second-order valence-electron chi connectivity index (χ2n) is 14.0. The van der Waals surface area contributed by atoms with Crippen molar-refractivity contribution in [3.05, 3.63) is 192 Å². The van der Waals surface area contributed by atoms with Crippen molar-refractivity contribution in [3.8, 4) is 0 Å². The first-order valence-electron chi connectivity index (χ1n) is 18.8. The van der Waals surface area contributed by atoms with Crippen molar-refractivity contribution in [1.29, 1.82) is 0 Å². The number of fused-ring (bicyclic) bond motifs is 4. The second kappa shape index (κ2) is 15.9. The van der Waals surface area contributed by atoms with Gasteiger partial charge in [0.25, 0.3) is 0 Å². The largest absolute Gasteiger partial charge is 0.461 e. The highest BCUT2D eigenvalue weighted by Gasteiger charge is 2.52. The number of ether oxygens (including phenoxy) is 4. The Balaban J connectivity index is 1.05. The number of rotatable bonds is 9. The quantitative estimate of drug-likeness (QED) is 0.105. The summed E-state index contributed by atoms with van der Waals surface area (Å²) in [5.41, 5.74) is 0.00262. The maximum atomic E-state index is 14.0. The molecule has 0 bridgehead atoms. The Morgan fingerprint density at radius 1 is 0.379 bits per heavy atom. The molecule has 8 nitrogen and oxygen atoms in total. The molecule has 1 fully saturated rings. The van der Waals surface area contributed by atoms with Crippen LogP contribution in [-0.4, -0.2) is 53.4 Å². The van der Waals surface area contributed by atoms with Gasteiger partial charge in [0.1, 0.15) is 6.61 Å². The third-order valence-electron chi connectivity index (χ3n) is 10.3. The Morgan fingerprint density at radius 2 is 0.707 bits per heavy atom. The molecule has 1 heterocycles. The van der Waals surface area contributed by atoms with E-state index in [0.717, 1.165) is 54.9 Å². The predicted octanol–water partition coefficient (Wildman–Crippen LogP) is 10.2. The summed E-state index contributed by atoms with van der Waals surface area (Å²) in [6, 6.07) is 51.4. The van der Waals surface area contributed by atoms with Gasteiger partial charge in [-0.2, -0.15) is 0 Å². The van der Waals surface area contributed by atoms with Crippen LogP contribution < -0.4 is 0 Å². The number of hydrogen-bond donors (Lipinski definition) is 0. The summed E-state index contributed by atoms with van der Waals surface area (Å²) in [4.78, 5) is 55.4. The van der Waals surface area contributed by atoms with Crippen LogP contribution in [0.5, 0.6) is 0 Å². The van der Waals surface area contributed by atoms with Crippen molar-refractivity contribution in [2.45, 2.75) is 22.9 Å². The lowest BCUT2D eigenvalue weighted by Crippen LogP contribution is -2.42. The highest BCUT2D eigenvalue weighted by atomic mass is 32.2. The standard InChI is InChI=1S/C49H34O8S/c50-45(38-21-17-30-9-1-5-13-34(30)25-38)54-29-42-43(55-46(51)39-22-18-31-10-2-6-14-35(31)26-39)44(56-47(52)40-23-19-32-11-3-7-15-36(32)27-40)49(58-42)57-48(53)41-24-20-33-12-4-8-16-37(33)28-41/h1-28,42-44,49H,29H2/t42-,43+,44-,49?/m1/s1. The van der Waals surface area contributed by atoms with Gasteiger partial charge in [-0.1, -0.05) is 121 Å². The second-order valence-corrected chi connectivity index (χ2v) is 15.4. The van der Waals surface area contributed by atoms with E-state index in [1.54, 1.807) is 48.5 Å². The van der Waals surface area contributed by atoms with Crippen molar-refractivity contribution in [2.75, 3.05) is 6.61 Å². The van der Waals surface area contributed by atoms with Crippen molar-refractivity contribution in [2.24, 2.45) is 0 Å². The molecule has 9 rings (SSSR count). The molecule has 0 amide bonds. The molecule has 284 valence electrons. The van der Waals surface area contributed by atoms with Crippen LogP contribution in [0.3, 0.4) is 0 Å². The normalized spacial score (nSPS) is 17.6. The van der Waals surface area contributed by atoms with E-state index in [-0.39, 0.29) is 23.3 Å². The van der Waals surface area contributed by atoms with Gasteiger partial charge in [0.05, 0.1) is 27.5 Å². The summed E-state index contributed by atoms with van der Waals surface area (Å²) in [6.45, 7) is -0.250. The Bertz CT molecular complexity index is 2890. The van der Waals surface area contributed by atoms with E-state index in [4.69, 9.17) is 18.9 Å². The fraction of sp³-hybridized carbons (Fsp3) is 0.102. The summed E-state index contributed by atoms with van der Waals surface area (Å²) in [5.74, 6) is -2.64. The minimum absolute atomic E-state index is 0.250. The highest BCUT2D eigenvalue weighted by molar-refractivity contribution is 8.00. The molecule has 1 aliphatic rings. The fourth-order valence-corrected chi connectivity index (χ4v) is 8.62. The molecule has 0 aromatic heterocycles. The minimum Gasteiger partial charge on any atom is -0.461 e. The van der Waals surface area contributed by atoms with Crippen LogP contribution >= 0.6 is 11.8 Å². The molecule has 0 aliphatic carbocycles. The van der Waals surface area contributed by atoms with Crippen LogP contribution in [-0.2, 0) is 18.9 Å². The monoisotopic (exact) mass is 782 g/mol. The van der Waals surface area contributed by atoms with E-state index < -0.39 is 46.8 Å². The Kier molecular flexibility index (Phi) is 10.0. The van der Waals surface area contributed by atoms with Crippen molar-refractivity contribution < 1.29 is 38.1 Å². The molecule has 4 atom stereocenters. The summed E-state index contributed by atoms with van der Waals surface area (Å²) < 4.78 is 24.4. The molecular weight excluding hydrogens is 749 g/mol. The molecule has 58 heavy (non-hydrogen) atoms. The number of thioether (sulfide) groups is 1. The lowest BCUT2D eigenvalue weighted by molar-refractivity contribution is -0.0607. The van der Waals surface area contributed by atoms with Crippen LogP contribution in [0.2, 0.25) is 0 Å². The van der Waals surface area contributed by atoms with Crippen molar-refractivity contribution in [1.82, 2.24) is 0 Å². The van der Waals surface area contributed by atoms with Gasteiger partial charge in [-0.3, -0.25) is 0 Å². The number of carbonyl (C=O) groups excluding carboxylic acids is 4. The Morgan fingerprint density at radius 3 is 1.10 bits per heavy atom. The van der Waals surface area contributed by atoms with Gasteiger partial charge in [0.2, 0.25) is 0 Å². The van der Waals surface area contributed by atoms with Crippen molar-refractivity contribution >= 4 is 78.7 Å². The third kappa shape index (κ3) is 7.60. The maximum Gasteiger partial charge on any atom is 0.339 e. The van der Waals surface area contributed by atoms with Crippen LogP contribution in [0.25, 0.3) is 43.1 Å². The van der Waals surface area contributed by atoms with Gasteiger partial charge in [-0.15, -0.1) is 11.8 Å². The maximum absolute atomic E-state index is 14.0. The summed E-state index contributed by atoms with van der Waals surface area (Å²) in [5, 5.41) is 6.37. The molecule has 0 spiro atoms. The van der Waals surface area contributed by atoms with E-state index in [2.05, 4.69) is 0 Å². The van der Waals surface area contributed by atoms with Gasteiger partial charge >= 0.3 is 23.9 Å². The zero-order valence-electron chi connectivity index (χ0n) is 30.9. The fourth-order valence-electron chi connectivity index (χ4n) is 7.25. The lowest BCUT2D eigenvalue weighted by atomic mass is 10.1. The number of benzene rings is 8. The van der Waals surface area contributed by atoms with E-state index in [9.17, 15) is 19.2 Å². The van der Waals surface area contributed by atoms with Crippen LogP contribution in [0, 0.1) is 0 Å². The van der Waals surface area contributed by atoms with Gasteiger partial charge < -0.3 is 18.9 Å². The Hall–Kier alpha value is -6.97. The molecule has 0 radical (unpaired) electrons. The molecule has 8 aromatic carbocycles. The van der Waals surface area contributed by atoms with Crippen LogP contribution in [0.15, 0.2) is 170 Å². The summed E-state index contributed by atoms with van der Waals surface area (Å²) in [6.07, 6.45) is -2.49. The van der Waals surface area contributed by atoms with Gasteiger partial charge in [0.15, 0.2) is 17.6 Å². The third-order valence-corrected chi connectivity index (χ3v) is 11.7.